The van der Waals surface area contributed by atoms with Crippen LogP contribution in [0.4, 0.5) is 0 Å². The minimum atomic E-state index is -0.0679. The Kier molecular flexibility index (Phi) is 6.57. The van der Waals surface area contributed by atoms with Crippen molar-refractivity contribution in [3.8, 4) is 0 Å². The van der Waals surface area contributed by atoms with Gasteiger partial charge >= 0.3 is 0 Å². The van der Waals surface area contributed by atoms with Crippen LogP contribution in [0.1, 0.15) is 76.2 Å². The lowest BCUT2D eigenvalue weighted by molar-refractivity contribution is -0.119. The molecule has 0 saturated heterocycles. The fourth-order valence-electron chi connectivity index (χ4n) is 3.33. The molecule has 0 saturated carbocycles. The van der Waals surface area contributed by atoms with Crippen LogP contribution in [0.3, 0.4) is 0 Å². The summed E-state index contributed by atoms with van der Waals surface area (Å²) in [6.45, 7) is 10.1. The molecule has 0 aliphatic carbocycles. The van der Waals surface area contributed by atoms with Crippen molar-refractivity contribution in [2.45, 2.75) is 71.4 Å². The second kappa shape index (κ2) is 8.95. The SMILES string of the molecule is CCCC(=O)C1=C(c2ccc(C(C)C)cc2)N(C(=O)CCC)n2c(C)nnc2S1. The molecule has 0 bridgehead atoms. The van der Waals surface area contributed by atoms with Crippen LogP contribution < -0.4 is 5.01 Å². The van der Waals surface area contributed by atoms with Crippen molar-refractivity contribution in [2.24, 2.45) is 0 Å². The summed E-state index contributed by atoms with van der Waals surface area (Å²) in [7, 11) is 0. The van der Waals surface area contributed by atoms with Gasteiger partial charge in [0, 0.05) is 18.4 Å². The third-order valence-electron chi connectivity index (χ3n) is 4.87. The molecular formula is C22H28N4O2S. The number of rotatable bonds is 7. The summed E-state index contributed by atoms with van der Waals surface area (Å²) in [5.74, 6) is 0.989. The maximum Gasteiger partial charge on any atom is 0.246 e. The third kappa shape index (κ3) is 4.15. The van der Waals surface area contributed by atoms with Crippen LogP contribution in [0.15, 0.2) is 34.3 Å². The monoisotopic (exact) mass is 412 g/mol. The number of hydrogen-bond acceptors (Lipinski definition) is 5. The molecule has 2 heterocycles. The first kappa shape index (κ1) is 21.3. The zero-order chi connectivity index (χ0) is 21.1. The normalized spacial score (nSPS) is 13.8. The fourth-order valence-corrected chi connectivity index (χ4v) is 4.41. The predicted octanol–water partition coefficient (Wildman–Crippen LogP) is 4.82. The highest BCUT2D eigenvalue weighted by molar-refractivity contribution is 8.04. The minimum absolute atomic E-state index is 0.0293. The second-order valence-electron chi connectivity index (χ2n) is 7.53. The molecule has 0 N–H and O–H groups in total. The van der Waals surface area contributed by atoms with Gasteiger partial charge in [-0.25, -0.2) is 9.69 Å². The van der Waals surface area contributed by atoms with Crippen molar-refractivity contribution in [3.05, 3.63) is 46.1 Å². The van der Waals surface area contributed by atoms with E-state index in [2.05, 4.69) is 36.2 Å². The Morgan fingerprint density at radius 2 is 1.69 bits per heavy atom. The van der Waals surface area contributed by atoms with E-state index >= 15 is 0 Å². The molecule has 3 rings (SSSR count). The number of allylic oxidation sites excluding steroid dienone is 1. The van der Waals surface area contributed by atoms with Crippen LogP contribution in [0.25, 0.3) is 5.70 Å². The van der Waals surface area contributed by atoms with E-state index in [9.17, 15) is 9.59 Å². The van der Waals surface area contributed by atoms with E-state index in [1.165, 1.54) is 17.3 Å². The van der Waals surface area contributed by atoms with Crippen LogP contribution in [0.5, 0.6) is 0 Å². The van der Waals surface area contributed by atoms with Gasteiger partial charge in [0.1, 0.15) is 0 Å². The molecule has 0 spiro atoms. The van der Waals surface area contributed by atoms with E-state index in [4.69, 9.17) is 0 Å². The Labute approximate surface area is 176 Å². The van der Waals surface area contributed by atoms with E-state index < -0.39 is 0 Å². The number of aromatic nitrogens is 3. The van der Waals surface area contributed by atoms with Crippen LogP contribution in [0.2, 0.25) is 0 Å². The van der Waals surface area contributed by atoms with Crippen LogP contribution >= 0.6 is 11.8 Å². The molecule has 0 radical (unpaired) electrons. The van der Waals surface area contributed by atoms with Crippen LogP contribution in [0, 0.1) is 6.92 Å². The topological polar surface area (TPSA) is 68.1 Å². The molecular weight excluding hydrogens is 384 g/mol. The van der Waals surface area contributed by atoms with E-state index in [1.54, 1.807) is 9.69 Å². The Bertz CT molecular complexity index is 944. The quantitative estimate of drug-likeness (QED) is 0.652. The van der Waals surface area contributed by atoms with Gasteiger partial charge in [0.25, 0.3) is 0 Å². The molecule has 7 heteroatoms. The number of thioether (sulfide) groups is 1. The van der Waals surface area contributed by atoms with Gasteiger partial charge in [0.05, 0.1) is 10.6 Å². The molecule has 6 nitrogen and oxygen atoms in total. The summed E-state index contributed by atoms with van der Waals surface area (Å²) >= 11 is 1.30. The molecule has 1 aromatic heterocycles. The van der Waals surface area contributed by atoms with Gasteiger partial charge in [0.15, 0.2) is 11.6 Å². The Balaban J connectivity index is 2.22. The number of hydrogen-bond donors (Lipinski definition) is 0. The van der Waals surface area contributed by atoms with Gasteiger partial charge < -0.3 is 0 Å². The molecule has 1 aliphatic heterocycles. The molecule has 0 unspecified atom stereocenters. The van der Waals surface area contributed by atoms with Crippen LogP contribution in [-0.2, 0) is 9.59 Å². The minimum Gasteiger partial charge on any atom is -0.294 e. The molecule has 0 atom stereocenters. The Hall–Kier alpha value is -2.41. The zero-order valence-electron chi connectivity index (χ0n) is 17.7. The van der Waals surface area contributed by atoms with Crippen molar-refractivity contribution >= 4 is 29.1 Å². The number of fused-ring (bicyclic) bond motifs is 1. The smallest absolute Gasteiger partial charge is 0.246 e. The molecule has 1 aliphatic rings. The summed E-state index contributed by atoms with van der Waals surface area (Å²) < 4.78 is 1.73. The highest BCUT2D eigenvalue weighted by Gasteiger charge is 2.35. The van der Waals surface area contributed by atoms with Crippen molar-refractivity contribution in [2.75, 3.05) is 5.01 Å². The average Bonchev–Trinajstić information content (AvgIpc) is 3.07. The lowest BCUT2D eigenvalue weighted by atomic mass is 10.00. The van der Waals surface area contributed by atoms with Crippen molar-refractivity contribution in [3.63, 3.8) is 0 Å². The fraction of sp³-hybridized carbons (Fsp3) is 0.455. The van der Waals surface area contributed by atoms with Gasteiger partial charge in [-0.3, -0.25) is 9.59 Å². The van der Waals surface area contributed by atoms with E-state index in [1.807, 2.05) is 32.9 Å². The molecule has 1 aromatic carbocycles. The highest BCUT2D eigenvalue weighted by atomic mass is 32.2. The van der Waals surface area contributed by atoms with E-state index in [-0.39, 0.29) is 11.7 Å². The van der Waals surface area contributed by atoms with Gasteiger partial charge in [-0.15, -0.1) is 10.2 Å². The molecule has 154 valence electrons. The number of benzene rings is 1. The summed E-state index contributed by atoms with van der Waals surface area (Å²) in [6.07, 6.45) is 2.28. The average molecular weight is 413 g/mol. The largest absolute Gasteiger partial charge is 0.294 e. The number of nitrogens with zero attached hydrogens (tertiary/aromatic N) is 4. The lowest BCUT2D eigenvalue weighted by Gasteiger charge is -2.33. The molecule has 29 heavy (non-hydrogen) atoms. The first-order valence-electron chi connectivity index (χ1n) is 10.2. The van der Waals surface area contributed by atoms with E-state index in [0.29, 0.717) is 40.3 Å². The summed E-state index contributed by atoms with van der Waals surface area (Å²) in [5, 5.41) is 10.5. The number of aryl methyl sites for hydroxylation is 1. The van der Waals surface area contributed by atoms with Crippen molar-refractivity contribution < 1.29 is 9.59 Å². The molecule has 0 fully saturated rings. The number of Topliss-reactive ketones (excluding diaryl/α,β-unsaturated/α-hetero) is 1. The zero-order valence-corrected chi connectivity index (χ0v) is 18.5. The van der Waals surface area contributed by atoms with Crippen molar-refractivity contribution in [1.82, 2.24) is 14.9 Å². The highest BCUT2D eigenvalue weighted by Crippen LogP contribution is 2.40. The summed E-state index contributed by atoms with van der Waals surface area (Å²) in [6, 6.07) is 8.13. The number of carbonyl (C=O) groups is 2. The maximum absolute atomic E-state index is 13.2. The van der Waals surface area contributed by atoms with E-state index in [0.717, 1.165) is 18.4 Å². The number of amides is 1. The molecule has 2 aromatic rings. The Morgan fingerprint density at radius 1 is 1.03 bits per heavy atom. The summed E-state index contributed by atoms with van der Waals surface area (Å²) in [5.41, 5.74) is 2.70. The van der Waals surface area contributed by atoms with Crippen LogP contribution in [-0.4, -0.2) is 26.6 Å². The predicted molar refractivity (Wildman–Crippen MR) is 116 cm³/mol. The third-order valence-corrected chi connectivity index (χ3v) is 5.93. The van der Waals surface area contributed by atoms with Crippen molar-refractivity contribution in [1.29, 1.82) is 0 Å². The Morgan fingerprint density at radius 3 is 2.28 bits per heavy atom. The van der Waals surface area contributed by atoms with Gasteiger partial charge in [0.2, 0.25) is 11.1 Å². The lowest BCUT2D eigenvalue weighted by Crippen LogP contribution is -2.42. The standard InChI is InChI=1S/C22H28N4O2S/c1-6-8-18(27)21-20(17-12-10-16(11-13-17)14(3)4)26(19(28)9-7-2)25-15(5)23-24-22(25)29-21/h10-14H,6-9H2,1-5H3. The maximum atomic E-state index is 13.2. The number of carbonyl (C=O) groups excluding carboxylic acids is 2. The first-order valence-corrected chi connectivity index (χ1v) is 11.0. The van der Waals surface area contributed by atoms with Gasteiger partial charge in [-0.2, -0.15) is 0 Å². The second-order valence-corrected chi connectivity index (χ2v) is 8.50. The van der Waals surface area contributed by atoms with Gasteiger partial charge in [-0.05, 0) is 43.0 Å². The van der Waals surface area contributed by atoms with Gasteiger partial charge in [-0.1, -0.05) is 52.0 Å². The first-order chi connectivity index (χ1) is 13.9. The number of ketones is 1. The molecule has 1 amide bonds. The summed E-state index contributed by atoms with van der Waals surface area (Å²) in [4.78, 5) is 26.8.